The molecule has 19 heavy (non-hydrogen) atoms. The summed E-state index contributed by atoms with van der Waals surface area (Å²) < 4.78 is 7.08. The molecule has 1 heterocycles. The summed E-state index contributed by atoms with van der Waals surface area (Å²) in [5.41, 5.74) is 6.98. The zero-order valence-corrected chi connectivity index (χ0v) is 11.8. The van der Waals surface area contributed by atoms with Crippen LogP contribution < -0.4 is 10.5 Å². The standard InChI is InChI=1S/C12H11Cl2N3O2/c1-6-7(5-18)12(17(2)16-6)19-11-4-10(15)8(13)3-9(11)14/h3-5H,15H2,1-2H3. The van der Waals surface area contributed by atoms with Gasteiger partial charge in [0.15, 0.2) is 6.29 Å². The Morgan fingerprint density at radius 3 is 2.68 bits per heavy atom. The number of aldehydes is 1. The monoisotopic (exact) mass is 299 g/mol. The molecule has 7 heteroatoms. The molecule has 0 atom stereocenters. The largest absolute Gasteiger partial charge is 0.437 e. The first kappa shape index (κ1) is 13.7. The van der Waals surface area contributed by atoms with Crippen LogP contribution in [0.2, 0.25) is 10.0 Å². The van der Waals surface area contributed by atoms with E-state index in [-0.39, 0.29) is 0 Å². The molecular weight excluding hydrogens is 289 g/mol. The van der Waals surface area contributed by atoms with Gasteiger partial charge in [-0.3, -0.25) is 4.79 Å². The average molecular weight is 300 g/mol. The van der Waals surface area contributed by atoms with E-state index in [0.29, 0.717) is 44.9 Å². The number of hydrogen-bond acceptors (Lipinski definition) is 4. The third-order valence-electron chi connectivity index (χ3n) is 2.59. The summed E-state index contributed by atoms with van der Waals surface area (Å²) in [5.74, 6) is 0.616. The maximum atomic E-state index is 11.0. The molecule has 0 unspecified atom stereocenters. The van der Waals surface area contributed by atoms with Crippen molar-refractivity contribution in [1.29, 1.82) is 0 Å². The number of benzene rings is 1. The van der Waals surface area contributed by atoms with E-state index >= 15 is 0 Å². The van der Waals surface area contributed by atoms with Gasteiger partial charge in [-0.1, -0.05) is 23.2 Å². The van der Waals surface area contributed by atoms with Crippen molar-refractivity contribution in [3.8, 4) is 11.6 Å². The Kier molecular flexibility index (Phi) is 3.68. The molecule has 0 aliphatic heterocycles. The summed E-state index contributed by atoms with van der Waals surface area (Å²) in [4.78, 5) is 11.0. The number of nitrogens with zero attached hydrogens (tertiary/aromatic N) is 2. The van der Waals surface area contributed by atoms with E-state index < -0.39 is 0 Å². The Labute approximate surface area is 119 Å². The number of aromatic nitrogens is 2. The van der Waals surface area contributed by atoms with Crippen LogP contribution in [-0.2, 0) is 7.05 Å². The maximum absolute atomic E-state index is 11.0. The zero-order valence-electron chi connectivity index (χ0n) is 10.3. The number of rotatable bonds is 3. The van der Waals surface area contributed by atoms with Gasteiger partial charge in [0.2, 0.25) is 5.88 Å². The lowest BCUT2D eigenvalue weighted by Gasteiger charge is -2.10. The molecule has 1 aromatic heterocycles. The predicted molar refractivity (Wildman–Crippen MR) is 74.3 cm³/mol. The van der Waals surface area contributed by atoms with Gasteiger partial charge >= 0.3 is 0 Å². The topological polar surface area (TPSA) is 70.1 Å². The number of hydrogen-bond donors (Lipinski definition) is 1. The molecule has 0 bridgehead atoms. The molecule has 0 aliphatic rings. The van der Waals surface area contributed by atoms with Crippen molar-refractivity contribution < 1.29 is 9.53 Å². The van der Waals surface area contributed by atoms with Crippen LogP contribution in [0.25, 0.3) is 0 Å². The van der Waals surface area contributed by atoms with Crippen LogP contribution in [0, 0.1) is 6.92 Å². The molecule has 0 saturated carbocycles. The first-order chi connectivity index (χ1) is 8.93. The second-order valence-electron chi connectivity index (χ2n) is 3.95. The third-order valence-corrected chi connectivity index (χ3v) is 3.21. The molecule has 2 rings (SSSR count). The van der Waals surface area contributed by atoms with Crippen LogP contribution in [0.1, 0.15) is 16.1 Å². The fourth-order valence-electron chi connectivity index (χ4n) is 1.64. The van der Waals surface area contributed by atoms with Crippen LogP contribution in [-0.4, -0.2) is 16.1 Å². The van der Waals surface area contributed by atoms with E-state index in [4.69, 9.17) is 33.7 Å². The highest BCUT2D eigenvalue weighted by Gasteiger charge is 2.16. The fourth-order valence-corrected chi connectivity index (χ4v) is 2.06. The molecule has 0 amide bonds. The molecule has 0 fully saturated rings. The summed E-state index contributed by atoms with van der Waals surface area (Å²) in [7, 11) is 1.67. The number of nitrogens with two attached hydrogens (primary N) is 1. The Hall–Kier alpha value is -1.72. The second kappa shape index (κ2) is 5.11. The summed E-state index contributed by atoms with van der Waals surface area (Å²) >= 11 is 11.9. The minimum atomic E-state index is 0.301. The van der Waals surface area contributed by atoms with Gasteiger partial charge in [0, 0.05) is 13.1 Å². The van der Waals surface area contributed by atoms with Crippen LogP contribution in [0.3, 0.4) is 0 Å². The number of halogens is 2. The van der Waals surface area contributed by atoms with Crippen molar-refractivity contribution in [2.45, 2.75) is 6.92 Å². The summed E-state index contributed by atoms with van der Waals surface area (Å²) in [6.45, 7) is 1.72. The quantitative estimate of drug-likeness (QED) is 0.698. The van der Waals surface area contributed by atoms with Crippen molar-refractivity contribution in [3.63, 3.8) is 0 Å². The Morgan fingerprint density at radius 2 is 2.05 bits per heavy atom. The van der Waals surface area contributed by atoms with Gasteiger partial charge in [-0.25, -0.2) is 4.68 Å². The van der Waals surface area contributed by atoms with E-state index in [1.807, 2.05) is 0 Å². The minimum Gasteiger partial charge on any atom is -0.437 e. The molecular formula is C12H11Cl2N3O2. The van der Waals surface area contributed by atoms with Gasteiger partial charge in [-0.2, -0.15) is 5.10 Å². The molecule has 0 radical (unpaired) electrons. The van der Waals surface area contributed by atoms with E-state index in [0.717, 1.165) is 0 Å². The van der Waals surface area contributed by atoms with Crippen LogP contribution in [0.5, 0.6) is 11.6 Å². The molecule has 0 saturated heterocycles. The number of ether oxygens (including phenoxy) is 1. The van der Waals surface area contributed by atoms with Crippen LogP contribution in [0.15, 0.2) is 12.1 Å². The number of carbonyl (C=O) groups excluding carboxylic acids is 1. The summed E-state index contributed by atoms with van der Waals surface area (Å²) in [6.07, 6.45) is 0.685. The highest BCUT2D eigenvalue weighted by Crippen LogP contribution is 2.36. The zero-order chi connectivity index (χ0) is 14.2. The Balaban J connectivity index is 2.47. The lowest BCUT2D eigenvalue weighted by molar-refractivity contribution is 0.112. The van der Waals surface area contributed by atoms with Gasteiger partial charge in [0.1, 0.15) is 5.75 Å². The molecule has 5 nitrogen and oxygen atoms in total. The lowest BCUT2D eigenvalue weighted by Crippen LogP contribution is -1.98. The Morgan fingerprint density at radius 1 is 1.37 bits per heavy atom. The average Bonchev–Trinajstić information content (AvgIpc) is 2.60. The van der Waals surface area contributed by atoms with E-state index in [1.165, 1.54) is 16.8 Å². The first-order valence-corrected chi connectivity index (χ1v) is 6.10. The van der Waals surface area contributed by atoms with Crippen molar-refractivity contribution in [2.75, 3.05) is 5.73 Å². The normalized spacial score (nSPS) is 10.5. The van der Waals surface area contributed by atoms with Crippen LogP contribution in [0.4, 0.5) is 5.69 Å². The highest BCUT2D eigenvalue weighted by molar-refractivity contribution is 6.37. The van der Waals surface area contributed by atoms with E-state index in [2.05, 4.69) is 5.10 Å². The van der Waals surface area contributed by atoms with Crippen molar-refractivity contribution >= 4 is 35.2 Å². The minimum absolute atomic E-state index is 0.301. The smallest absolute Gasteiger partial charge is 0.228 e. The maximum Gasteiger partial charge on any atom is 0.228 e. The van der Waals surface area contributed by atoms with Crippen molar-refractivity contribution in [1.82, 2.24) is 9.78 Å². The van der Waals surface area contributed by atoms with Crippen molar-refractivity contribution in [3.05, 3.63) is 33.4 Å². The molecule has 0 spiro atoms. The predicted octanol–water partition coefficient (Wildman–Crippen LogP) is 3.22. The van der Waals surface area contributed by atoms with E-state index in [1.54, 1.807) is 14.0 Å². The van der Waals surface area contributed by atoms with Gasteiger partial charge < -0.3 is 10.5 Å². The van der Waals surface area contributed by atoms with Gasteiger partial charge in [-0.05, 0) is 13.0 Å². The number of carbonyl (C=O) groups is 1. The molecule has 2 aromatic rings. The third kappa shape index (κ3) is 2.52. The van der Waals surface area contributed by atoms with Gasteiger partial charge in [-0.15, -0.1) is 0 Å². The number of aryl methyl sites for hydroxylation is 2. The van der Waals surface area contributed by atoms with Gasteiger partial charge in [0.05, 0.1) is 27.0 Å². The van der Waals surface area contributed by atoms with Crippen molar-refractivity contribution in [2.24, 2.45) is 7.05 Å². The molecule has 0 aliphatic carbocycles. The molecule has 100 valence electrons. The Bertz CT molecular complexity index is 653. The number of nitrogen functional groups attached to an aromatic ring is 1. The lowest BCUT2D eigenvalue weighted by atomic mass is 10.3. The molecule has 1 aromatic carbocycles. The summed E-state index contributed by atoms with van der Waals surface area (Å²) in [5, 5.41) is 4.75. The van der Waals surface area contributed by atoms with E-state index in [9.17, 15) is 4.79 Å². The van der Waals surface area contributed by atoms with Crippen LogP contribution >= 0.6 is 23.2 Å². The first-order valence-electron chi connectivity index (χ1n) is 5.35. The molecule has 2 N–H and O–H groups in total. The van der Waals surface area contributed by atoms with Gasteiger partial charge in [0.25, 0.3) is 0 Å². The fraction of sp³-hybridized carbons (Fsp3) is 0.167. The highest BCUT2D eigenvalue weighted by atomic mass is 35.5. The second-order valence-corrected chi connectivity index (χ2v) is 4.77. The number of anilines is 1. The SMILES string of the molecule is Cc1nn(C)c(Oc2cc(N)c(Cl)cc2Cl)c1C=O. The summed E-state index contributed by atoms with van der Waals surface area (Å²) in [6, 6.07) is 2.99.